The summed E-state index contributed by atoms with van der Waals surface area (Å²) in [6.45, 7) is 4.26. The molecule has 16 heavy (non-hydrogen) atoms. The Kier molecular flexibility index (Phi) is 3.16. The number of aliphatic imine (C=N–C) groups is 1. The largest absolute Gasteiger partial charge is 0.259 e. The van der Waals surface area contributed by atoms with Crippen LogP contribution in [0.5, 0.6) is 0 Å². The summed E-state index contributed by atoms with van der Waals surface area (Å²) in [5, 5.41) is 0. The molecule has 0 aliphatic heterocycles. The van der Waals surface area contributed by atoms with E-state index in [1.165, 1.54) is 18.4 Å². The summed E-state index contributed by atoms with van der Waals surface area (Å²) in [6.07, 6.45) is 6.86. The molecule has 0 N–H and O–H groups in total. The second-order valence-corrected chi connectivity index (χ2v) is 4.81. The molecule has 0 radical (unpaired) electrons. The number of aromatic nitrogens is 1. The van der Waals surface area contributed by atoms with Gasteiger partial charge in [0.2, 0.25) is 6.08 Å². The van der Waals surface area contributed by atoms with Crippen LogP contribution >= 0.6 is 0 Å². The van der Waals surface area contributed by atoms with Crippen LogP contribution in [0.25, 0.3) is 0 Å². The minimum Gasteiger partial charge on any atom is -0.259 e. The van der Waals surface area contributed by atoms with Crippen LogP contribution in [-0.2, 0) is 11.2 Å². The summed E-state index contributed by atoms with van der Waals surface area (Å²) >= 11 is 0. The van der Waals surface area contributed by atoms with E-state index in [4.69, 9.17) is 0 Å². The van der Waals surface area contributed by atoms with Crippen LogP contribution in [0.3, 0.4) is 0 Å². The van der Waals surface area contributed by atoms with Crippen molar-refractivity contribution in [2.24, 2.45) is 10.9 Å². The van der Waals surface area contributed by atoms with Crippen LogP contribution in [0.15, 0.2) is 17.3 Å². The molecule has 2 rings (SSSR count). The molecule has 1 heterocycles. The summed E-state index contributed by atoms with van der Waals surface area (Å²) in [7, 11) is 0. The molecule has 1 fully saturated rings. The molecule has 3 heteroatoms. The number of pyridine rings is 1. The number of rotatable bonds is 4. The van der Waals surface area contributed by atoms with E-state index in [0.29, 0.717) is 17.5 Å². The summed E-state index contributed by atoms with van der Waals surface area (Å²) in [5.74, 6) is 1.15. The van der Waals surface area contributed by atoms with Crippen LogP contribution in [0, 0.1) is 5.92 Å². The zero-order valence-corrected chi connectivity index (χ0v) is 9.73. The Hall–Kier alpha value is -1.47. The fourth-order valence-corrected chi connectivity index (χ4v) is 1.83. The summed E-state index contributed by atoms with van der Waals surface area (Å²) < 4.78 is 0. The summed E-state index contributed by atoms with van der Waals surface area (Å²) in [6, 6.07) is 1.99. The summed E-state index contributed by atoms with van der Waals surface area (Å²) in [5.41, 5.74) is 2.82. The Morgan fingerprint density at radius 3 is 2.88 bits per heavy atom. The van der Waals surface area contributed by atoms with Gasteiger partial charge in [0.15, 0.2) is 0 Å². The zero-order valence-electron chi connectivity index (χ0n) is 9.73. The monoisotopic (exact) mass is 216 g/mol. The third-order valence-corrected chi connectivity index (χ3v) is 2.78. The number of nitrogens with zero attached hydrogens (tertiary/aromatic N) is 2. The van der Waals surface area contributed by atoms with Gasteiger partial charge < -0.3 is 0 Å². The van der Waals surface area contributed by atoms with Crippen molar-refractivity contribution < 1.29 is 4.79 Å². The van der Waals surface area contributed by atoms with Crippen LogP contribution in [0.1, 0.15) is 43.9 Å². The lowest BCUT2D eigenvalue weighted by Gasteiger charge is -2.08. The highest BCUT2D eigenvalue weighted by Crippen LogP contribution is 2.41. The predicted molar refractivity (Wildman–Crippen MR) is 62.5 cm³/mol. The van der Waals surface area contributed by atoms with Gasteiger partial charge in [-0.3, -0.25) is 4.98 Å². The normalized spacial score (nSPS) is 14.9. The Labute approximate surface area is 95.6 Å². The van der Waals surface area contributed by atoms with Gasteiger partial charge in [-0.05, 0) is 42.7 Å². The lowest BCUT2D eigenvalue weighted by molar-refractivity contribution is 0.565. The highest BCUT2D eigenvalue weighted by atomic mass is 16.1. The van der Waals surface area contributed by atoms with Gasteiger partial charge in [0.1, 0.15) is 0 Å². The first-order chi connectivity index (χ1) is 7.70. The van der Waals surface area contributed by atoms with Gasteiger partial charge >= 0.3 is 0 Å². The van der Waals surface area contributed by atoms with Crippen molar-refractivity contribution in [3.63, 3.8) is 0 Å². The van der Waals surface area contributed by atoms with Gasteiger partial charge in [-0.2, -0.15) is 4.99 Å². The third kappa shape index (κ3) is 2.56. The van der Waals surface area contributed by atoms with Crippen molar-refractivity contribution >= 4 is 11.8 Å². The second-order valence-electron chi connectivity index (χ2n) is 4.81. The fraction of sp³-hybridized carbons (Fsp3) is 0.538. The SMILES string of the molecule is CC(C)Cc1ncc(C2CC2)cc1N=C=O. The van der Waals surface area contributed by atoms with E-state index >= 15 is 0 Å². The van der Waals surface area contributed by atoms with Crippen molar-refractivity contribution in [2.75, 3.05) is 0 Å². The Morgan fingerprint density at radius 2 is 2.31 bits per heavy atom. The topological polar surface area (TPSA) is 42.3 Å². The van der Waals surface area contributed by atoms with E-state index in [1.807, 2.05) is 12.3 Å². The van der Waals surface area contributed by atoms with Crippen molar-refractivity contribution in [1.29, 1.82) is 0 Å². The molecule has 0 amide bonds. The summed E-state index contributed by atoms with van der Waals surface area (Å²) in [4.78, 5) is 18.6. The molecule has 0 saturated heterocycles. The molecular weight excluding hydrogens is 200 g/mol. The first-order valence-electron chi connectivity index (χ1n) is 5.77. The molecule has 0 bridgehead atoms. The molecule has 0 spiro atoms. The maximum Gasteiger partial charge on any atom is 0.240 e. The molecule has 0 atom stereocenters. The lowest BCUT2D eigenvalue weighted by atomic mass is 10.0. The molecule has 84 valence electrons. The highest BCUT2D eigenvalue weighted by Gasteiger charge is 2.24. The van der Waals surface area contributed by atoms with Crippen LogP contribution in [-0.4, -0.2) is 11.1 Å². The Balaban J connectivity index is 2.32. The first-order valence-corrected chi connectivity index (χ1v) is 5.77. The Morgan fingerprint density at radius 1 is 1.56 bits per heavy atom. The second kappa shape index (κ2) is 4.58. The number of isocyanates is 1. The van der Waals surface area contributed by atoms with Gasteiger partial charge in [-0.1, -0.05) is 13.8 Å². The number of hydrogen-bond acceptors (Lipinski definition) is 3. The van der Waals surface area contributed by atoms with Gasteiger partial charge in [-0.15, -0.1) is 0 Å². The zero-order chi connectivity index (χ0) is 11.5. The van der Waals surface area contributed by atoms with E-state index in [2.05, 4.69) is 23.8 Å². The molecule has 1 saturated carbocycles. The molecule has 1 aliphatic carbocycles. The third-order valence-electron chi connectivity index (χ3n) is 2.78. The predicted octanol–water partition coefficient (Wildman–Crippen LogP) is 3.12. The first kappa shape index (κ1) is 11.0. The maximum atomic E-state index is 10.4. The average Bonchev–Trinajstić information content (AvgIpc) is 3.03. The minimum atomic E-state index is 0.514. The molecule has 1 aromatic rings. The van der Waals surface area contributed by atoms with Gasteiger partial charge in [0.05, 0.1) is 11.4 Å². The smallest absolute Gasteiger partial charge is 0.240 e. The van der Waals surface area contributed by atoms with Crippen LogP contribution < -0.4 is 0 Å². The van der Waals surface area contributed by atoms with E-state index in [-0.39, 0.29) is 0 Å². The van der Waals surface area contributed by atoms with Crippen molar-refractivity contribution in [3.05, 3.63) is 23.5 Å². The molecular formula is C13H16N2O. The van der Waals surface area contributed by atoms with Crippen molar-refractivity contribution in [2.45, 2.75) is 39.0 Å². The van der Waals surface area contributed by atoms with Gasteiger partial charge in [0, 0.05) is 6.20 Å². The van der Waals surface area contributed by atoms with Crippen LogP contribution in [0.4, 0.5) is 5.69 Å². The van der Waals surface area contributed by atoms with Gasteiger partial charge in [0.25, 0.3) is 0 Å². The molecule has 0 aromatic carbocycles. The minimum absolute atomic E-state index is 0.514. The van der Waals surface area contributed by atoms with Crippen molar-refractivity contribution in [1.82, 2.24) is 4.98 Å². The quantitative estimate of drug-likeness (QED) is 0.573. The maximum absolute atomic E-state index is 10.4. The fourth-order valence-electron chi connectivity index (χ4n) is 1.83. The van der Waals surface area contributed by atoms with E-state index in [1.54, 1.807) is 6.08 Å². The van der Waals surface area contributed by atoms with E-state index in [9.17, 15) is 4.79 Å². The van der Waals surface area contributed by atoms with Crippen molar-refractivity contribution in [3.8, 4) is 0 Å². The number of hydrogen-bond donors (Lipinski definition) is 0. The van der Waals surface area contributed by atoms with E-state index in [0.717, 1.165) is 12.1 Å². The Bertz CT molecular complexity index is 430. The number of carbonyl (C=O) groups excluding carboxylic acids is 1. The molecule has 1 aromatic heterocycles. The highest BCUT2D eigenvalue weighted by molar-refractivity contribution is 5.53. The average molecular weight is 216 g/mol. The molecule has 3 nitrogen and oxygen atoms in total. The standard InChI is InChI=1S/C13H16N2O/c1-9(2)5-12-13(15-8-16)6-11(7-14-12)10-3-4-10/h6-7,9-10H,3-5H2,1-2H3. The van der Waals surface area contributed by atoms with E-state index < -0.39 is 0 Å². The van der Waals surface area contributed by atoms with Crippen LogP contribution in [0.2, 0.25) is 0 Å². The molecule has 1 aliphatic rings. The lowest BCUT2D eigenvalue weighted by Crippen LogP contribution is -1.98. The van der Waals surface area contributed by atoms with Gasteiger partial charge in [-0.25, -0.2) is 4.79 Å². The molecule has 0 unspecified atom stereocenters.